The number of halogens is 1. The fourth-order valence-corrected chi connectivity index (χ4v) is 3.55. The molecule has 0 aliphatic carbocycles. The number of rotatable bonds is 6. The molecule has 0 saturated heterocycles. The van der Waals surface area contributed by atoms with Crippen LogP contribution in [-0.2, 0) is 24.2 Å². The fraction of sp³-hybridized carbons (Fsp3) is 0.391. The van der Waals surface area contributed by atoms with Crippen molar-refractivity contribution in [2.45, 2.75) is 33.2 Å². The Morgan fingerprint density at radius 3 is 2.72 bits per heavy atom. The minimum absolute atomic E-state index is 0.0334. The summed E-state index contributed by atoms with van der Waals surface area (Å²) in [6.07, 6.45) is 1.65. The van der Waals surface area contributed by atoms with Crippen molar-refractivity contribution in [2.24, 2.45) is 4.99 Å². The lowest BCUT2D eigenvalue weighted by Crippen LogP contribution is -2.41. The van der Waals surface area contributed by atoms with E-state index in [1.807, 2.05) is 36.9 Å². The van der Waals surface area contributed by atoms with Gasteiger partial charge in [0.1, 0.15) is 12.4 Å². The largest absolute Gasteiger partial charge is 0.357 e. The minimum atomic E-state index is -0.215. The molecule has 6 heteroatoms. The van der Waals surface area contributed by atoms with Crippen molar-refractivity contribution in [3.63, 3.8) is 0 Å². The smallest absolute Gasteiger partial charge is 0.244 e. The first kappa shape index (κ1) is 20.8. The number of benzene rings is 2. The molecule has 2 aromatic rings. The highest BCUT2D eigenvalue weighted by atomic mass is 19.1. The van der Waals surface area contributed by atoms with Crippen LogP contribution in [0.2, 0.25) is 0 Å². The molecular weight excluding hydrogens is 367 g/mol. The van der Waals surface area contributed by atoms with Gasteiger partial charge in [-0.15, -0.1) is 0 Å². The molecule has 0 atom stereocenters. The Bertz CT molecular complexity index is 881. The van der Waals surface area contributed by atoms with Crippen molar-refractivity contribution in [1.82, 2.24) is 15.5 Å². The van der Waals surface area contributed by atoms with Crippen LogP contribution in [0.1, 0.15) is 29.2 Å². The van der Waals surface area contributed by atoms with Crippen molar-refractivity contribution in [3.8, 4) is 0 Å². The Balaban J connectivity index is 1.52. The van der Waals surface area contributed by atoms with Gasteiger partial charge in [-0.1, -0.05) is 30.3 Å². The molecule has 0 fully saturated rings. The summed E-state index contributed by atoms with van der Waals surface area (Å²) in [6.45, 7) is 6.78. The van der Waals surface area contributed by atoms with E-state index in [2.05, 4.69) is 27.8 Å². The first-order chi connectivity index (χ1) is 14.1. The van der Waals surface area contributed by atoms with E-state index in [1.54, 1.807) is 6.07 Å². The number of carbonyl (C=O) groups is 1. The second-order valence-corrected chi connectivity index (χ2v) is 7.28. The zero-order valence-corrected chi connectivity index (χ0v) is 17.2. The fourth-order valence-electron chi connectivity index (χ4n) is 3.55. The summed E-state index contributed by atoms with van der Waals surface area (Å²) >= 11 is 0. The van der Waals surface area contributed by atoms with Gasteiger partial charge in [-0.3, -0.25) is 4.79 Å². The number of amides is 1. The lowest BCUT2D eigenvalue weighted by atomic mass is 10.00. The van der Waals surface area contributed by atoms with Crippen LogP contribution in [0, 0.1) is 12.7 Å². The monoisotopic (exact) mass is 396 g/mol. The predicted molar refractivity (Wildman–Crippen MR) is 114 cm³/mol. The molecule has 5 nitrogen and oxygen atoms in total. The molecule has 154 valence electrons. The Hall–Kier alpha value is -2.89. The van der Waals surface area contributed by atoms with Crippen LogP contribution in [0.4, 0.5) is 4.39 Å². The Morgan fingerprint density at radius 2 is 1.97 bits per heavy atom. The number of hydrogen-bond donors (Lipinski definition) is 2. The van der Waals surface area contributed by atoms with E-state index in [0.717, 1.165) is 30.5 Å². The maximum atomic E-state index is 13.2. The molecule has 29 heavy (non-hydrogen) atoms. The van der Waals surface area contributed by atoms with Crippen LogP contribution in [0.5, 0.6) is 0 Å². The van der Waals surface area contributed by atoms with E-state index in [-0.39, 0.29) is 18.3 Å². The molecule has 0 spiro atoms. The SMILES string of the molecule is CCNC(=NCC(=O)N1CCc2ccccc2C1)NCCc1ccc(F)cc1C. The van der Waals surface area contributed by atoms with Gasteiger partial charge in [-0.2, -0.15) is 0 Å². The maximum Gasteiger partial charge on any atom is 0.244 e. The van der Waals surface area contributed by atoms with E-state index < -0.39 is 0 Å². The van der Waals surface area contributed by atoms with Crippen LogP contribution in [0.15, 0.2) is 47.5 Å². The summed E-state index contributed by atoms with van der Waals surface area (Å²) in [4.78, 5) is 18.9. The van der Waals surface area contributed by atoms with Crippen LogP contribution in [0.25, 0.3) is 0 Å². The average molecular weight is 397 g/mol. The first-order valence-electron chi connectivity index (χ1n) is 10.2. The lowest BCUT2D eigenvalue weighted by molar-refractivity contribution is -0.130. The number of carbonyl (C=O) groups excluding carboxylic acids is 1. The van der Waals surface area contributed by atoms with E-state index in [4.69, 9.17) is 0 Å². The minimum Gasteiger partial charge on any atom is -0.357 e. The van der Waals surface area contributed by atoms with Crippen molar-refractivity contribution in [2.75, 3.05) is 26.2 Å². The number of fused-ring (bicyclic) bond motifs is 1. The Morgan fingerprint density at radius 1 is 1.17 bits per heavy atom. The number of nitrogens with one attached hydrogen (secondary N) is 2. The average Bonchev–Trinajstić information content (AvgIpc) is 2.73. The van der Waals surface area contributed by atoms with Gasteiger partial charge in [0.05, 0.1) is 0 Å². The molecule has 0 unspecified atom stereocenters. The first-order valence-corrected chi connectivity index (χ1v) is 10.2. The third-order valence-corrected chi connectivity index (χ3v) is 5.19. The number of aliphatic imine (C=N–C) groups is 1. The number of nitrogens with zero attached hydrogens (tertiary/aromatic N) is 2. The summed E-state index contributed by atoms with van der Waals surface area (Å²) < 4.78 is 13.2. The van der Waals surface area contributed by atoms with Crippen LogP contribution >= 0.6 is 0 Å². The molecule has 3 rings (SSSR count). The van der Waals surface area contributed by atoms with Crippen LogP contribution < -0.4 is 10.6 Å². The maximum absolute atomic E-state index is 13.2. The van der Waals surface area contributed by atoms with Gasteiger partial charge >= 0.3 is 0 Å². The zero-order valence-electron chi connectivity index (χ0n) is 17.2. The molecule has 0 aromatic heterocycles. The molecule has 1 amide bonds. The van der Waals surface area contributed by atoms with Gasteiger partial charge in [0.2, 0.25) is 5.91 Å². The Kier molecular flexibility index (Phi) is 7.22. The van der Waals surface area contributed by atoms with Gasteiger partial charge < -0.3 is 15.5 Å². The number of aryl methyl sites for hydroxylation is 1. The normalized spacial score (nSPS) is 13.8. The summed E-state index contributed by atoms with van der Waals surface area (Å²) in [6, 6.07) is 13.1. The third kappa shape index (κ3) is 5.79. The topological polar surface area (TPSA) is 56.7 Å². The summed E-state index contributed by atoms with van der Waals surface area (Å²) in [5.74, 6) is 0.442. The highest BCUT2D eigenvalue weighted by molar-refractivity contribution is 5.85. The predicted octanol–water partition coefficient (Wildman–Crippen LogP) is 2.82. The van der Waals surface area contributed by atoms with Crippen LogP contribution in [0.3, 0.4) is 0 Å². The lowest BCUT2D eigenvalue weighted by Gasteiger charge is -2.28. The standard InChI is InChI=1S/C23H29FN4O/c1-3-25-23(26-12-10-18-8-9-21(24)14-17(18)2)27-15-22(29)28-13-11-19-6-4-5-7-20(19)16-28/h4-9,14H,3,10-13,15-16H2,1-2H3,(H2,25,26,27). The van der Waals surface area contributed by atoms with Crippen molar-refractivity contribution >= 4 is 11.9 Å². The highest BCUT2D eigenvalue weighted by Gasteiger charge is 2.19. The molecular formula is C23H29FN4O. The van der Waals surface area contributed by atoms with Crippen molar-refractivity contribution < 1.29 is 9.18 Å². The highest BCUT2D eigenvalue weighted by Crippen LogP contribution is 2.18. The quantitative estimate of drug-likeness (QED) is 0.583. The molecule has 1 aliphatic heterocycles. The van der Waals surface area contributed by atoms with Crippen molar-refractivity contribution in [3.05, 3.63) is 70.5 Å². The van der Waals surface area contributed by atoms with Crippen LogP contribution in [-0.4, -0.2) is 42.9 Å². The van der Waals surface area contributed by atoms with Gasteiger partial charge in [-0.05, 0) is 61.1 Å². The second kappa shape index (κ2) is 10.0. The number of guanidine groups is 1. The van der Waals surface area contributed by atoms with Gasteiger partial charge in [0.25, 0.3) is 0 Å². The molecule has 1 heterocycles. The molecule has 0 saturated carbocycles. The van der Waals surface area contributed by atoms with E-state index in [1.165, 1.54) is 17.2 Å². The van der Waals surface area contributed by atoms with Gasteiger partial charge in [0.15, 0.2) is 5.96 Å². The summed E-state index contributed by atoms with van der Waals surface area (Å²) in [5, 5.41) is 6.43. The molecule has 2 N–H and O–H groups in total. The second-order valence-electron chi connectivity index (χ2n) is 7.28. The van der Waals surface area contributed by atoms with E-state index in [9.17, 15) is 9.18 Å². The Labute approximate surface area is 172 Å². The van der Waals surface area contributed by atoms with E-state index in [0.29, 0.717) is 25.6 Å². The van der Waals surface area contributed by atoms with E-state index >= 15 is 0 Å². The molecule has 0 radical (unpaired) electrons. The summed E-state index contributed by atoms with van der Waals surface area (Å²) in [5.41, 5.74) is 4.58. The van der Waals surface area contributed by atoms with Gasteiger partial charge in [0, 0.05) is 26.2 Å². The summed E-state index contributed by atoms with van der Waals surface area (Å²) in [7, 11) is 0. The molecule has 1 aliphatic rings. The van der Waals surface area contributed by atoms with Crippen molar-refractivity contribution in [1.29, 1.82) is 0 Å². The molecule has 2 aromatic carbocycles. The molecule has 0 bridgehead atoms. The number of hydrogen-bond acceptors (Lipinski definition) is 2. The third-order valence-electron chi connectivity index (χ3n) is 5.19. The zero-order chi connectivity index (χ0) is 20.6. The van der Waals surface area contributed by atoms with Gasteiger partial charge in [-0.25, -0.2) is 9.38 Å².